The van der Waals surface area contributed by atoms with Crippen LogP contribution in [0.25, 0.3) is 5.69 Å². The molecular formula is C19H20N6O. The average molecular weight is 348 g/mol. The number of hydrogen-bond donors (Lipinski definition) is 2. The number of tetrazole rings is 1. The van der Waals surface area contributed by atoms with Crippen molar-refractivity contribution in [1.82, 2.24) is 20.2 Å². The van der Waals surface area contributed by atoms with Crippen molar-refractivity contribution in [3.05, 3.63) is 60.4 Å². The van der Waals surface area contributed by atoms with Gasteiger partial charge in [-0.25, -0.2) is 0 Å². The van der Waals surface area contributed by atoms with Crippen LogP contribution in [0.5, 0.6) is 0 Å². The Morgan fingerprint density at radius 2 is 1.77 bits per heavy atom. The highest BCUT2D eigenvalue weighted by atomic mass is 16.2. The Morgan fingerprint density at radius 3 is 2.46 bits per heavy atom. The second-order valence-corrected chi connectivity index (χ2v) is 6.49. The van der Waals surface area contributed by atoms with Gasteiger partial charge in [-0.3, -0.25) is 4.79 Å². The predicted molar refractivity (Wildman–Crippen MR) is 99.0 cm³/mol. The number of carbonyl (C=O) groups excluding carboxylic acids is 1. The minimum absolute atomic E-state index is 0.0860. The number of rotatable bonds is 6. The number of nitrogens with zero attached hydrogens (tertiary/aromatic N) is 4. The maximum Gasteiger partial charge on any atom is 0.227 e. The third-order valence-corrected chi connectivity index (χ3v) is 4.37. The molecule has 0 bridgehead atoms. The molecule has 7 heteroatoms. The fraction of sp³-hybridized carbons (Fsp3) is 0.263. The van der Waals surface area contributed by atoms with Crippen LogP contribution < -0.4 is 10.6 Å². The number of nitrogens with one attached hydrogen (secondary N) is 2. The van der Waals surface area contributed by atoms with Crippen LogP contribution in [0.1, 0.15) is 31.6 Å². The van der Waals surface area contributed by atoms with Gasteiger partial charge in [0.05, 0.1) is 11.7 Å². The van der Waals surface area contributed by atoms with Crippen LogP contribution in [-0.2, 0) is 4.79 Å². The molecule has 0 radical (unpaired) electrons. The van der Waals surface area contributed by atoms with Crippen LogP contribution in [0.3, 0.4) is 0 Å². The summed E-state index contributed by atoms with van der Waals surface area (Å²) in [5, 5.41) is 18.4. The number of para-hydroxylation sites is 1. The molecule has 0 aliphatic heterocycles. The number of hydrogen-bond acceptors (Lipinski definition) is 5. The molecule has 1 heterocycles. The van der Waals surface area contributed by atoms with Crippen LogP contribution in [0.15, 0.2) is 54.6 Å². The zero-order chi connectivity index (χ0) is 17.9. The molecule has 2 aromatic carbocycles. The third-order valence-electron chi connectivity index (χ3n) is 4.37. The van der Waals surface area contributed by atoms with E-state index in [9.17, 15) is 4.79 Å². The molecule has 26 heavy (non-hydrogen) atoms. The van der Waals surface area contributed by atoms with Crippen molar-refractivity contribution in [2.24, 2.45) is 5.92 Å². The summed E-state index contributed by atoms with van der Waals surface area (Å²) in [5.74, 6) is 1.04. The van der Waals surface area contributed by atoms with E-state index >= 15 is 0 Å². The van der Waals surface area contributed by atoms with E-state index < -0.39 is 0 Å². The molecule has 0 unspecified atom stereocenters. The molecule has 132 valence electrons. The molecule has 2 N–H and O–H groups in total. The van der Waals surface area contributed by atoms with Crippen molar-refractivity contribution in [1.29, 1.82) is 0 Å². The van der Waals surface area contributed by atoms with Crippen LogP contribution in [-0.4, -0.2) is 26.1 Å². The van der Waals surface area contributed by atoms with Gasteiger partial charge in [0, 0.05) is 17.3 Å². The Hall–Kier alpha value is -3.22. The van der Waals surface area contributed by atoms with Gasteiger partial charge in [-0.2, -0.15) is 4.68 Å². The van der Waals surface area contributed by atoms with Crippen LogP contribution in [0.2, 0.25) is 0 Å². The predicted octanol–water partition coefficient (Wildman–Crippen LogP) is 3.18. The van der Waals surface area contributed by atoms with E-state index in [0.29, 0.717) is 0 Å². The lowest BCUT2D eigenvalue weighted by atomic mass is 10.2. The third kappa shape index (κ3) is 3.56. The Morgan fingerprint density at radius 1 is 1.08 bits per heavy atom. The monoisotopic (exact) mass is 348 g/mol. The Labute approximate surface area is 151 Å². The smallest absolute Gasteiger partial charge is 0.227 e. The molecule has 1 amide bonds. The van der Waals surface area contributed by atoms with Crippen molar-refractivity contribution in [3.8, 4) is 5.69 Å². The lowest BCUT2D eigenvalue weighted by Crippen LogP contribution is -2.14. The number of carbonyl (C=O) groups is 1. The number of anilines is 2. The second kappa shape index (κ2) is 6.95. The summed E-state index contributed by atoms with van der Waals surface area (Å²) in [4.78, 5) is 11.8. The van der Waals surface area contributed by atoms with Gasteiger partial charge in [-0.05, 0) is 66.6 Å². The van der Waals surface area contributed by atoms with Gasteiger partial charge < -0.3 is 10.6 Å². The fourth-order valence-corrected chi connectivity index (χ4v) is 2.77. The highest BCUT2D eigenvalue weighted by molar-refractivity contribution is 5.94. The first kappa shape index (κ1) is 16.3. The van der Waals surface area contributed by atoms with Gasteiger partial charge in [0.1, 0.15) is 0 Å². The molecule has 7 nitrogen and oxygen atoms in total. The van der Waals surface area contributed by atoms with Crippen molar-refractivity contribution in [2.75, 3.05) is 10.6 Å². The quantitative estimate of drug-likeness (QED) is 0.715. The Kier molecular flexibility index (Phi) is 4.35. The van der Waals surface area contributed by atoms with E-state index in [0.717, 1.165) is 35.7 Å². The minimum atomic E-state index is -0.0860. The van der Waals surface area contributed by atoms with Crippen molar-refractivity contribution in [2.45, 2.75) is 25.8 Å². The fourth-order valence-electron chi connectivity index (χ4n) is 2.77. The standard InChI is InChI=1S/C19H20N6O/c1-13(18-22-23-24-25(18)17-5-3-2-4-6-17)20-15-9-11-16(12-10-15)21-19(26)14-7-8-14/h2-6,9-14,20H,7-8H2,1H3,(H,21,26)/t13-/m1/s1. The normalized spacial score (nSPS) is 14.7. The Balaban J connectivity index is 1.44. The number of amides is 1. The van der Waals surface area contributed by atoms with E-state index in [1.54, 1.807) is 4.68 Å². The topological polar surface area (TPSA) is 84.7 Å². The highest BCUT2D eigenvalue weighted by Gasteiger charge is 2.29. The van der Waals surface area contributed by atoms with Crippen LogP contribution in [0.4, 0.5) is 11.4 Å². The molecule has 3 aromatic rings. The lowest BCUT2D eigenvalue weighted by Gasteiger charge is -2.15. The maximum atomic E-state index is 11.8. The van der Waals surface area contributed by atoms with Gasteiger partial charge in [0.25, 0.3) is 0 Å². The molecule has 4 rings (SSSR count). The van der Waals surface area contributed by atoms with Gasteiger partial charge in [0.15, 0.2) is 5.82 Å². The largest absolute Gasteiger partial charge is 0.375 e. The van der Waals surface area contributed by atoms with E-state index in [-0.39, 0.29) is 17.9 Å². The van der Waals surface area contributed by atoms with Crippen molar-refractivity contribution in [3.63, 3.8) is 0 Å². The van der Waals surface area contributed by atoms with Crippen molar-refractivity contribution >= 4 is 17.3 Å². The highest BCUT2D eigenvalue weighted by Crippen LogP contribution is 2.30. The Bertz CT molecular complexity index is 886. The molecular weight excluding hydrogens is 328 g/mol. The molecule has 0 spiro atoms. The minimum Gasteiger partial charge on any atom is -0.375 e. The number of benzene rings is 2. The van der Waals surface area contributed by atoms with Crippen LogP contribution in [0, 0.1) is 5.92 Å². The first-order valence-electron chi connectivity index (χ1n) is 8.72. The number of aromatic nitrogens is 4. The van der Waals surface area contributed by atoms with Gasteiger partial charge in [-0.1, -0.05) is 18.2 Å². The molecule has 0 saturated heterocycles. The molecule has 1 fully saturated rings. The average Bonchev–Trinajstić information content (AvgIpc) is 3.40. The maximum absolute atomic E-state index is 11.8. The first-order chi connectivity index (χ1) is 12.7. The van der Waals surface area contributed by atoms with E-state index in [4.69, 9.17) is 0 Å². The lowest BCUT2D eigenvalue weighted by molar-refractivity contribution is -0.117. The summed E-state index contributed by atoms with van der Waals surface area (Å²) in [7, 11) is 0. The molecule has 1 aliphatic carbocycles. The summed E-state index contributed by atoms with van der Waals surface area (Å²) < 4.78 is 1.72. The summed E-state index contributed by atoms with van der Waals surface area (Å²) >= 11 is 0. The van der Waals surface area contributed by atoms with E-state index in [1.807, 2.05) is 61.5 Å². The zero-order valence-electron chi connectivity index (χ0n) is 14.5. The van der Waals surface area contributed by atoms with Crippen LogP contribution >= 0.6 is 0 Å². The molecule has 1 aliphatic rings. The summed E-state index contributed by atoms with van der Waals surface area (Å²) in [6.45, 7) is 2.01. The van der Waals surface area contributed by atoms with Gasteiger partial charge in [0.2, 0.25) is 5.91 Å². The van der Waals surface area contributed by atoms with Crippen molar-refractivity contribution < 1.29 is 4.79 Å². The van der Waals surface area contributed by atoms with Gasteiger partial charge in [-0.15, -0.1) is 5.10 Å². The van der Waals surface area contributed by atoms with Gasteiger partial charge >= 0.3 is 0 Å². The second-order valence-electron chi connectivity index (χ2n) is 6.49. The van der Waals surface area contributed by atoms with E-state index in [2.05, 4.69) is 26.2 Å². The SMILES string of the molecule is C[C@@H](Nc1ccc(NC(=O)C2CC2)cc1)c1nnnn1-c1ccccc1. The molecule has 1 atom stereocenters. The zero-order valence-corrected chi connectivity index (χ0v) is 14.5. The molecule has 1 saturated carbocycles. The summed E-state index contributed by atoms with van der Waals surface area (Å²) in [6.07, 6.45) is 2.00. The summed E-state index contributed by atoms with van der Waals surface area (Å²) in [5.41, 5.74) is 2.66. The first-order valence-corrected chi connectivity index (χ1v) is 8.72. The summed E-state index contributed by atoms with van der Waals surface area (Å²) in [6, 6.07) is 17.4. The van der Waals surface area contributed by atoms with E-state index in [1.165, 1.54) is 0 Å². The molecule has 1 aromatic heterocycles.